The van der Waals surface area contributed by atoms with Crippen LogP contribution in [0.25, 0.3) is 0 Å². The van der Waals surface area contributed by atoms with E-state index in [1.54, 1.807) is 6.92 Å². The van der Waals surface area contributed by atoms with Gasteiger partial charge in [0.15, 0.2) is 0 Å². The van der Waals surface area contributed by atoms with Crippen molar-refractivity contribution in [2.75, 3.05) is 18.8 Å². The van der Waals surface area contributed by atoms with Crippen LogP contribution in [0.5, 0.6) is 0 Å². The van der Waals surface area contributed by atoms with Crippen LogP contribution in [0, 0.1) is 5.82 Å². The Kier molecular flexibility index (Phi) is 3.08. The smallest absolute Gasteiger partial charge is 0.246 e. The number of nitrogens with zero attached hydrogens (tertiary/aromatic N) is 1. The number of β-amino-alcohol motifs (C(OH)–C–C–N with tert-alkyl or cyclic N) is 1. The van der Waals surface area contributed by atoms with E-state index in [1.807, 2.05) is 0 Å². The van der Waals surface area contributed by atoms with Crippen molar-refractivity contribution in [3.8, 4) is 0 Å². The average Bonchev–Trinajstić information content (AvgIpc) is 2.58. The van der Waals surface area contributed by atoms with Gasteiger partial charge in [-0.1, -0.05) is 0 Å². The van der Waals surface area contributed by atoms with Crippen LogP contribution in [-0.2, 0) is 10.0 Å². The first kappa shape index (κ1) is 13.3. The van der Waals surface area contributed by atoms with Gasteiger partial charge in [-0.3, -0.25) is 0 Å². The highest BCUT2D eigenvalue weighted by atomic mass is 32.2. The van der Waals surface area contributed by atoms with E-state index in [4.69, 9.17) is 5.73 Å². The molecule has 0 radical (unpaired) electrons. The summed E-state index contributed by atoms with van der Waals surface area (Å²) in [5.74, 6) is -0.874. The maximum atomic E-state index is 13.6. The fourth-order valence-corrected chi connectivity index (χ4v) is 3.58. The Morgan fingerprint density at radius 3 is 2.67 bits per heavy atom. The second kappa shape index (κ2) is 4.18. The molecule has 2 rings (SSSR count). The molecule has 1 unspecified atom stereocenters. The van der Waals surface area contributed by atoms with Gasteiger partial charge in [0.25, 0.3) is 0 Å². The summed E-state index contributed by atoms with van der Waals surface area (Å²) in [5, 5.41) is 9.77. The number of hydrogen-bond acceptors (Lipinski definition) is 4. The summed E-state index contributed by atoms with van der Waals surface area (Å²) < 4.78 is 39.1. The lowest BCUT2D eigenvalue weighted by atomic mass is 10.1. The molecule has 0 saturated carbocycles. The van der Waals surface area contributed by atoms with Crippen molar-refractivity contribution in [1.29, 1.82) is 0 Å². The molecule has 0 amide bonds. The average molecular weight is 274 g/mol. The molecule has 0 bridgehead atoms. The SMILES string of the molecule is CC1(O)CCN(S(=O)(=O)c2ccc(N)cc2F)C1. The Hall–Kier alpha value is -1.18. The number of sulfonamides is 1. The minimum Gasteiger partial charge on any atom is -0.399 e. The van der Waals surface area contributed by atoms with Crippen LogP contribution in [0.1, 0.15) is 13.3 Å². The van der Waals surface area contributed by atoms with Crippen LogP contribution < -0.4 is 5.73 Å². The summed E-state index contributed by atoms with van der Waals surface area (Å²) in [6, 6.07) is 3.46. The lowest BCUT2D eigenvalue weighted by Crippen LogP contribution is -2.34. The highest BCUT2D eigenvalue weighted by Gasteiger charge is 2.39. The highest BCUT2D eigenvalue weighted by molar-refractivity contribution is 7.89. The quantitative estimate of drug-likeness (QED) is 0.772. The minimum atomic E-state index is -3.91. The summed E-state index contributed by atoms with van der Waals surface area (Å²) in [6.45, 7) is 1.71. The molecular formula is C11H15FN2O3S. The molecule has 1 aromatic rings. The fraction of sp³-hybridized carbons (Fsp3) is 0.455. The first-order valence-corrected chi connectivity index (χ1v) is 6.94. The van der Waals surface area contributed by atoms with Crippen molar-refractivity contribution in [3.63, 3.8) is 0 Å². The Morgan fingerprint density at radius 1 is 1.50 bits per heavy atom. The van der Waals surface area contributed by atoms with Crippen LogP contribution in [0.15, 0.2) is 23.1 Å². The second-order valence-corrected chi connectivity index (χ2v) is 6.68. The molecule has 3 N–H and O–H groups in total. The lowest BCUT2D eigenvalue weighted by molar-refractivity contribution is 0.0762. The molecule has 1 heterocycles. The van der Waals surface area contributed by atoms with Gasteiger partial charge in [-0.25, -0.2) is 12.8 Å². The Balaban J connectivity index is 2.38. The largest absolute Gasteiger partial charge is 0.399 e. The van der Waals surface area contributed by atoms with Gasteiger partial charge in [0.05, 0.1) is 5.60 Å². The molecule has 0 aromatic heterocycles. The van der Waals surface area contributed by atoms with Crippen LogP contribution in [0.2, 0.25) is 0 Å². The fourth-order valence-electron chi connectivity index (χ4n) is 1.97. The van der Waals surface area contributed by atoms with E-state index in [0.717, 1.165) is 16.4 Å². The van der Waals surface area contributed by atoms with Gasteiger partial charge in [0.1, 0.15) is 10.7 Å². The molecule has 1 saturated heterocycles. The zero-order chi connectivity index (χ0) is 13.6. The number of nitrogens with two attached hydrogens (primary N) is 1. The molecule has 5 nitrogen and oxygen atoms in total. The third-order valence-corrected chi connectivity index (χ3v) is 4.87. The first-order valence-electron chi connectivity index (χ1n) is 5.50. The van der Waals surface area contributed by atoms with E-state index in [2.05, 4.69) is 0 Å². The number of hydrogen-bond donors (Lipinski definition) is 2. The van der Waals surface area contributed by atoms with E-state index in [9.17, 15) is 17.9 Å². The maximum absolute atomic E-state index is 13.6. The van der Waals surface area contributed by atoms with Gasteiger partial charge in [-0.05, 0) is 31.5 Å². The Labute approximate surface area is 105 Å². The summed E-state index contributed by atoms with van der Waals surface area (Å²) >= 11 is 0. The van der Waals surface area contributed by atoms with Crippen molar-refractivity contribution in [2.45, 2.75) is 23.8 Å². The van der Waals surface area contributed by atoms with E-state index in [0.29, 0.717) is 6.42 Å². The monoisotopic (exact) mass is 274 g/mol. The van der Waals surface area contributed by atoms with E-state index < -0.39 is 26.3 Å². The van der Waals surface area contributed by atoms with Crippen molar-refractivity contribution in [1.82, 2.24) is 4.31 Å². The van der Waals surface area contributed by atoms with Crippen LogP contribution in [0.4, 0.5) is 10.1 Å². The number of halogens is 1. The third-order valence-electron chi connectivity index (χ3n) is 2.99. The van der Waals surface area contributed by atoms with Gasteiger partial charge in [-0.2, -0.15) is 4.31 Å². The molecule has 7 heteroatoms. The van der Waals surface area contributed by atoms with Gasteiger partial charge in [0, 0.05) is 18.8 Å². The molecule has 18 heavy (non-hydrogen) atoms. The van der Waals surface area contributed by atoms with Crippen molar-refractivity contribution in [3.05, 3.63) is 24.0 Å². The van der Waals surface area contributed by atoms with Crippen LogP contribution >= 0.6 is 0 Å². The van der Waals surface area contributed by atoms with Crippen molar-refractivity contribution < 1.29 is 17.9 Å². The predicted octanol–water partition coefficient (Wildman–Crippen LogP) is 0.553. The lowest BCUT2D eigenvalue weighted by Gasteiger charge is -2.19. The summed E-state index contributed by atoms with van der Waals surface area (Å²) in [5.41, 5.74) is 4.49. The Morgan fingerprint density at radius 2 is 2.17 bits per heavy atom. The van der Waals surface area contributed by atoms with Crippen molar-refractivity contribution >= 4 is 15.7 Å². The summed E-state index contributed by atoms with van der Waals surface area (Å²) in [6.07, 6.45) is 0.336. The number of nitrogen functional groups attached to an aromatic ring is 1. The maximum Gasteiger partial charge on any atom is 0.246 e. The summed E-state index contributed by atoms with van der Waals surface area (Å²) in [7, 11) is -3.91. The molecular weight excluding hydrogens is 259 g/mol. The molecule has 1 aliphatic heterocycles. The first-order chi connectivity index (χ1) is 8.22. The van der Waals surface area contributed by atoms with E-state index in [-0.39, 0.29) is 18.8 Å². The van der Waals surface area contributed by atoms with Crippen molar-refractivity contribution in [2.24, 2.45) is 0 Å². The number of anilines is 1. The highest BCUT2D eigenvalue weighted by Crippen LogP contribution is 2.28. The van der Waals surface area contributed by atoms with Gasteiger partial charge in [0.2, 0.25) is 10.0 Å². The minimum absolute atomic E-state index is 0.0286. The predicted molar refractivity (Wildman–Crippen MR) is 64.8 cm³/mol. The van der Waals surface area contributed by atoms with Crippen LogP contribution in [-0.4, -0.2) is 36.5 Å². The zero-order valence-electron chi connectivity index (χ0n) is 9.93. The zero-order valence-corrected chi connectivity index (χ0v) is 10.7. The Bertz CT molecular complexity index is 572. The van der Waals surface area contributed by atoms with Crippen LogP contribution in [0.3, 0.4) is 0 Å². The second-order valence-electron chi connectivity index (χ2n) is 4.78. The summed E-state index contributed by atoms with van der Waals surface area (Å²) in [4.78, 5) is -0.408. The standard InChI is InChI=1S/C11H15FN2O3S/c1-11(15)4-5-14(7-11)18(16,17)10-3-2-8(13)6-9(10)12/h2-3,6,15H,4-5,7,13H2,1H3. The molecule has 0 spiro atoms. The molecule has 0 aliphatic carbocycles. The normalized spacial score (nSPS) is 25.5. The topological polar surface area (TPSA) is 83.6 Å². The molecule has 1 aromatic carbocycles. The molecule has 100 valence electrons. The van der Waals surface area contributed by atoms with E-state index >= 15 is 0 Å². The number of rotatable bonds is 2. The molecule has 1 aliphatic rings. The van der Waals surface area contributed by atoms with Gasteiger partial charge < -0.3 is 10.8 Å². The number of aliphatic hydroxyl groups is 1. The third kappa shape index (κ3) is 2.33. The van der Waals surface area contributed by atoms with E-state index in [1.165, 1.54) is 6.07 Å². The molecule has 1 fully saturated rings. The van der Waals surface area contributed by atoms with Gasteiger partial charge in [-0.15, -0.1) is 0 Å². The number of benzene rings is 1. The van der Waals surface area contributed by atoms with Gasteiger partial charge >= 0.3 is 0 Å². The molecule has 1 atom stereocenters.